The van der Waals surface area contributed by atoms with E-state index in [0.717, 1.165) is 24.2 Å². The van der Waals surface area contributed by atoms with E-state index >= 15 is 0 Å². The zero-order chi connectivity index (χ0) is 14.8. The van der Waals surface area contributed by atoms with Gasteiger partial charge in [-0.15, -0.1) is 0 Å². The quantitative estimate of drug-likeness (QED) is 0.732. The van der Waals surface area contributed by atoms with Gasteiger partial charge in [-0.3, -0.25) is 4.79 Å². The van der Waals surface area contributed by atoms with Gasteiger partial charge in [0.2, 0.25) is 0 Å². The maximum atomic E-state index is 12.8. The number of carbonyl (C=O) groups is 1. The number of ether oxygens (including phenoxy) is 1. The number of benzene rings is 1. The molecule has 1 unspecified atom stereocenters. The van der Waals surface area contributed by atoms with Crippen LogP contribution in [0.2, 0.25) is 0 Å². The third kappa shape index (κ3) is 3.41. The summed E-state index contributed by atoms with van der Waals surface area (Å²) in [6, 6.07) is 7.65. The first-order chi connectivity index (χ1) is 9.40. The van der Waals surface area contributed by atoms with Gasteiger partial charge in [-0.2, -0.15) is 0 Å². The van der Waals surface area contributed by atoms with Crippen LogP contribution in [0.4, 0.5) is 0 Å². The molecule has 0 radical (unpaired) electrons. The highest BCUT2D eigenvalue weighted by atomic mass is 16.5. The fraction of sp³-hybridized carbons (Fsp3) is 0.611. The van der Waals surface area contributed by atoms with E-state index < -0.39 is 0 Å². The van der Waals surface area contributed by atoms with Crippen molar-refractivity contribution in [2.45, 2.75) is 59.5 Å². The minimum absolute atomic E-state index is 0.115. The Kier molecular flexibility index (Phi) is 4.52. The lowest BCUT2D eigenvalue weighted by Gasteiger charge is -2.37. The van der Waals surface area contributed by atoms with E-state index in [1.54, 1.807) is 0 Å². The van der Waals surface area contributed by atoms with Gasteiger partial charge >= 0.3 is 0 Å². The molecule has 0 N–H and O–H groups in total. The molecule has 110 valence electrons. The summed E-state index contributed by atoms with van der Waals surface area (Å²) in [6.45, 7) is 8.45. The molecule has 0 heterocycles. The Hall–Kier alpha value is -1.31. The molecule has 1 fully saturated rings. The standard InChI is InChI=1S/C18H26O2/c1-13(2)20-15-9-7-8-14(12-15)17(19)16-10-5-6-11-18(16,3)4/h7-9,12-13,16H,5-6,10-11H2,1-4H3. The molecule has 0 aliphatic heterocycles. The van der Waals surface area contributed by atoms with Gasteiger partial charge in [-0.1, -0.05) is 38.8 Å². The zero-order valence-electron chi connectivity index (χ0n) is 13.1. The summed E-state index contributed by atoms with van der Waals surface area (Å²) in [4.78, 5) is 12.8. The summed E-state index contributed by atoms with van der Waals surface area (Å²) in [5.41, 5.74) is 0.910. The molecule has 0 amide bonds. The third-order valence-electron chi connectivity index (χ3n) is 4.31. The maximum absolute atomic E-state index is 12.8. The molecule has 1 aromatic rings. The van der Waals surface area contributed by atoms with Gasteiger partial charge in [0.15, 0.2) is 5.78 Å². The summed E-state index contributed by atoms with van der Waals surface area (Å²) in [5.74, 6) is 1.22. The Morgan fingerprint density at radius 1 is 1.30 bits per heavy atom. The van der Waals surface area contributed by atoms with Crippen molar-refractivity contribution >= 4 is 5.78 Å². The SMILES string of the molecule is CC(C)Oc1cccc(C(=O)C2CCCCC2(C)C)c1. The van der Waals surface area contributed by atoms with Gasteiger partial charge < -0.3 is 4.74 Å². The van der Waals surface area contributed by atoms with Gasteiger partial charge in [0, 0.05) is 11.5 Å². The lowest BCUT2D eigenvalue weighted by molar-refractivity contribution is 0.0696. The molecule has 0 bridgehead atoms. The summed E-state index contributed by atoms with van der Waals surface area (Å²) in [6.07, 6.45) is 4.70. The van der Waals surface area contributed by atoms with E-state index in [9.17, 15) is 4.79 Å². The molecule has 1 atom stereocenters. The third-order valence-corrected chi connectivity index (χ3v) is 4.31. The molecule has 0 saturated heterocycles. The molecule has 1 aliphatic rings. The Bertz CT molecular complexity index is 474. The van der Waals surface area contributed by atoms with Crippen LogP contribution in [0.25, 0.3) is 0 Å². The van der Waals surface area contributed by atoms with Crippen molar-refractivity contribution in [2.75, 3.05) is 0 Å². The van der Waals surface area contributed by atoms with Gasteiger partial charge in [-0.25, -0.2) is 0 Å². The van der Waals surface area contributed by atoms with Crippen LogP contribution in [-0.2, 0) is 0 Å². The molecule has 1 aromatic carbocycles. The lowest BCUT2D eigenvalue weighted by Crippen LogP contribution is -2.34. The van der Waals surface area contributed by atoms with Gasteiger partial charge in [0.1, 0.15) is 5.75 Å². The van der Waals surface area contributed by atoms with Gasteiger partial charge in [0.25, 0.3) is 0 Å². The summed E-state index contributed by atoms with van der Waals surface area (Å²) >= 11 is 0. The highest BCUT2D eigenvalue weighted by Crippen LogP contribution is 2.42. The molecule has 1 saturated carbocycles. The van der Waals surface area contributed by atoms with E-state index in [1.165, 1.54) is 12.8 Å². The number of hydrogen-bond donors (Lipinski definition) is 0. The molecule has 2 rings (SSSR count). The maximum Gasteiger partial charge on any atom is 0.166 e. The van der Waals surface area contributed by atoms with Crippen LogP contribution in [0, 0.1) is 11.3 Å². The fourth-order valence-electron chi connectivity index (χ4n) is 3.18. The second kappa shape index (κ2) is 5.99. The van der Waals surface area contributed by atoms with Crippen LogP contribution in [0.3, 0.4) is 0 Å². The molecule has 20 heavy (non-hydrogen) atoms. The van der Waals surface area contributed by atoms with Crippen LogP contribution in [-0.4, -0.2) is 11.9 Å². The van der Waals surface area contributed by atoms with E-state index in [2.05, 4.69) is 13.8 Å². The van der Waals surface area contributed by atoms with Gasteiger partial charge in [0.05, 0.1) is 6.10 Å². The van der Waals surface area contributed by atoms with Crippen LogP contribution >= 0.6 is 0 Å². The van der Waals surface area contributed by atoms with Crippen molar-refractivity contribution in [3.63, 3.8) is 0 Å². The molecule has 2 nitrogen and oxygen atoms in total. The average molecular weight is 274 g/mol. The largest absolute Gasteiger partial charge is 0.491 e. The lowest BCUT2D eigenvalue weighted by atomic mass is 9.66. The second-order valence-corrected chi connectivity index (χ2v) is 6.85. The highest BCUT2D eigenvalue weighted by molar-refractivity contribution is 5.98. The highest BCUT2D eigenvalue weighted by Gasteiger charge is 2.37. The van der Waals surface area contributed by atoms with Crippen LogP contribution in [0.1, 0.15) is 63.7 Å². The predicted octanol–water partition coefficient (Wildman–Crippen LogP) is 4.87. The summed E-state index contributed by atoms with van der Waals surface area (Å²) in [5, 5.41) is 0. The first-order valence-electron chi connectivity index (χ1n) is 7.71. The zero-order valence-corrected chi connectivity index (χ0v) is 13.1. The van der Waals surface area contributed by atoms with Crippen LogP contribution in [0.5, 0.6) is 5.75 Å². The Balaban J connectivity index is 2.20. The van der Waals surface area contributed by atoms with E-state index in [0.29, 0.717) is 0 Å². The molecular formula is C18H26O2. The number of Topliss-reactive ketones (excluding diaryl/α,β-unsaturated/α-hetero) is 1. The van der Waals surface area contributed by atoms with Crippen molar-refractivity contribution < 1.29 is 9.53 Å². The Morgan fingerprint density at radius 3 is 2.70 bits per heavy atom. The number of carbonyl (C=O) groups excluding carboxylic acids is 1. The Morgan fingerprint density at radius 2 is 2.05 bits per heavy atom. The minimum Gasteiger partial charge on any atom is -0.491 e. The van der Waals surface area contributed by atoms with Crippen molar-refractivity contribution in [2.24, 2.45) is 11.3 Å². The molecule has 1 aliphatic carbocycles. The number of rotatable bonds is 4. The normalized spacial score (nSPS) is 21.8. The Labute approximate surface area is 122 Å². The minimum atomic E-state index is 0.115. The molecule has 0 aromatic heterocycles. The number of ketones is 1. The number of hydrogen-bond acceptors (Lipinski definition) is 2. The molecule has 0 spiro atoms. The summed E-state index contributed by atoms with van der Waals surface area (Å²) in [7, 11) is 0. The average Bonchev–Trinajstić information content (AvgIpc) is 2.37. The van der Waals surface area contributed by atoms with E-state index in [1.807, 2.05) is 38.1 Å². The van der Waals surface area contributed by atoms with Crippen molar-refractivity contribution in [1.29, 1.82) is 0 Å². The van der Waals surface area contributed by atoms with Gasteiger partial charge in [-0.05, 0) is 44.2 Å². The van der Waals surface area contributed by atoms with E-state index in [4.69, 9.17) is 4.74 Å². The van der Waals surface area contributed by atoms with E-state index in [-0.39, 0.29) is 23.2 Å². The van der Waals surface area contributed by atoms with Crippen LogP contribution in [0.15, 0.2) is 24.3 Å². The fourth-order valence-corrected chi connectivity index (χ4v) is 3.18. The monoisotopic (exact) mass is 274 g/mol. The first kappa shape index (κ1) is 15.1. The second-order valence-electron chi connectivity index (χ2n) is 6.85. The predicted molar refractivity (Wildman–Crippen MR) is 82.3 cm³/mol. The topological polar surface area (TPSA) is 26.3 Å². The smallest absolute Gasteiger partial charge is 0.166 e. The van der Waals surface area contributed by atoms with Crippen LogP contribution < -0.4 is 4.74 Å². The van der Waals surface area contributed by atoms with Crippen molar-refractivity contribution in [3.8, 4) is 5.75 Å². The molecule has 2 heteroatoms. The first-order valence-corrected chi connectivity index (χ1v) is 7.71. The van der Waals surface area contributed by atoms with Crippen molar-refractivity contribution in [1.82, 2.24) is 0 Å². The molecular weight excluding hydrogens is 248 g/mol. The summed E-state index contributed by atoms with van der Waals surface area (Å²) < 4.78 is 5.69. The van der Waals surface area contributed by atoms with Crippen molar-refractivity contribution in [3.05, 3.63) is 29.8 Å².